The third-order valence-electron chi connectivity index (χ3n) is 2.96. The van der Waals surface area contributed by atoms with Crippen LogP contribution >= 0.6 is 0 Å². The molecule has 1 aromatic carbocycles. The van der Waals surface area contributed by atoms with E-state index in [0.717, 1.165) is 5.56 Å². The maximum Gasteiger partial charge on any atom is 0.408 e. The van der Waals surface area contributed by atoms with E-state index in [1.54, 1.807) is 12.1 Å². The van der Waals surface area contributed by atoms with Crippen molar-refractivity contribution in [2.75, 3.05) is 13.1 Å². The van der Waals surface area contributed by atoms with Gasteiger partial charge in [0.2, 0.25) is 11.8 Å². The molecule has 130 valence electrons. The molecule has 0 radical (unpaired) electrons. The summed E-state index contributed by atoms with van der Waals surface area (Å²) in [6, 6.07) is 7.90. The summed E-state index contributed by atoms with van der Waals surface area (Å²) in [5.74, 6) is 3.41. The lowest BCUT2D eigenvalue weighted by atomic mass is 10.2. The molecule has 0 fully saturated rings. The molecule has 0 aromatic heterocycles. The Labute approximate surface area is 146 Å². The van der Waals surface area contributed by atoms with Crippen LogP contribution in [0.1, 0.15) is 12.0 Å². The molecule has 0 aliphatic carbocycles. The van der Waals surface area contributed by atoms with E-state index in [9.17, 15) is 14.4 Å². The molecule has 7 nitrogen and oxygen atoms in total. The van der Waals surface area contributed by atoms with Crippen LogP contribution in [0.5, 0.6) is 0 Å². The van der Waals surface area contributed by atoms with Crippen LogP contribution in [0.4, 0.5) is 4.79 Å². The number of alkyl carbamates (subject to hydrolysis) is 1. The van der Waals surface area contributed by atoms with Crippen LogP contribution in [0, 0.1) is 24.7 Å². The number of benzene rings is 1. The molecule has 3 N–H and O–H groups in total. The van der Waals surface area contributed by atoms with Crippen molar-refractivity contribution in [1.29, 1.82) is 0 Å². The zero-order valence-electron chi connectivity index (χ0n) is 13.6. The van der Waals surface area contributed by atoms with Gasteiger partial charge in [-0.25, -0.2) is 4.79 Å². The summed E-state index contributed by atoms with van der Waals surface area (Å²) in [6.07, 6.45) is 9.01. The Bertz CT molecular complexity index is 674. The van der Waals surface area contributed by atoms with Crippen molar-refractivity contribution in [1.82, 2.24) is 16.0 Å². The molecular formula is C18H19N3O4. The quantitative estimate of drug-likeness (QED) is 0.587. The third-order valence-corrected chi connectivity index (χ3v) is 2.96. The van der Waals surface area contributed by atoms with E-state index in [1.165, 1.54) is 0 Å². The Morgan fingerprint density at radius 3 is 2.32 bits per heavy atom. The van der Waals surface area contributed by atoms with Gasteiger partial charge in [0.05, 0.1) is 19.5 Å². The van der Waals surface area contributed by atoms with E-state index in [-0.39, 0.29) is 26.1 Å². The minimum absolute atomic E-state index is 0.0238. The standard InChI is InChI=1S/C18H19N3O4/c1-3-10-19-16(22)12-15(17(23)20-11-4-2)21-18(24)25-13-14-8-6-5-7-9-14/h1-2,5-9,15H,10-13H2,(H,19,22)(H,20,23)(H,21,24)/t15-/m0/s1. The van der Waals surface area contributed by atoms with E-state index < -0.39 is 23.9 Å². The molecule has 0 spiro atoms. The van der Waals surface area contributed by atoms with Gasteiger partial charge in [0.15, 0.2) is 0 Å². The molecule has 1 rings (SSSR count). The van der Waals surface area contributed by atoms with E-state index in [4.69, 9.17) is 17.6 Å². The van der Waals surface area contributed by atoms with E-state index in [0.29, 0.717) is 0 Å². The Balaban J connectivity index is 2.59. The summed E-state index contributed by atoms with van der Waals surface area (Å²) >= 11 is 0. The van der Waals surface area contributed by atoms with Crippen molar-refractivity contribution in [3.05, 3.63) is 35.9 Å². The second-order valence-electron chi connectivity index (χ2n) is 4.87. The van der Waals surface area contributed by atoms with Gasteiger partial charge in [-0.2, -0.15) is 0 Å². The van der Waals surface area contributed by atoms with Crippen LogP contribution in [0.3, 0.4) is 0 Å². The number of hydrogen-bond donors (Lipinski definition) is 3. The third kappa shape index (κ3) is 8.10. The van der Waals surface area contributed by atoms with E-state index in [1.807, 2.05) is 18.2 Å². The van der Waals surface area contributed by atoms with Crippen LogP contribution in [0.15, 0.2) is 30.3 Å². The number of carbonyl (C=O) groups is 3. The molecule has 0 saturated heterocycles. The molecule has 7 heteroatoms. The molecule has 0 aliphatic rings. The summed E-state index contributed by atoms with van der Waals surface area (Å²) in [5, 5.41) is 7.17. The van der Waals surface area contributed by atoms with Gasteiger partial charge in [-0.1, -0.05) is 42.2 Å². The van der Waals surface area contributed by atoms with Crippen molar-refractivity contribution in [3.63, 3.8) is 0 Å². The number of amides is 3. The SMILES string of the molecule is C#CCNC(=O)C[C@H](NC(=O)OCc1ccccc1)C(=O)NCC#C. The molecule has 0 heterocycles. The summed E-state index contributed by atoms with van der Waals surface area (Å²) in [5.41, 5.74) is 0.790. The zero-order chi connectivity index (χ0) is 18.5. The smallest absolute Gasteiger partial charge is 0.408 e. The Hall–Kier alpha value is -3.45. The van der Waals surface area contributed by atoms with Crippen LogP contribution in [0.25, 0.3) is 0 Å². The van der Waals surface area contributed by atoms with Crippen LogP contribution < -0.4 is 16.0 Å². The van der Waals surface area contributed by atoms with Gasteiger partial charge in [0.25, 0.3) is 0 Å². The van der Waals surface area contributed by atoms with Gasteiger partial charge >= 0.3 is 6.09 Å². The van der Waals surface area contributed by atoms with Crippen molar-refractivity contribution in [3.8, 4) is 24.7 Å². The largest absolute Gasteiger partial charge is 0.445 e. The predicted molar refractivity (Wildman–Crippen MR) is 91.9 cm³/mol. The molecule has 1 atom stereocenters. The fourth-order valence-corrected chi connectivity index (χ4v) is 1.78. The van der Waals surface area contributed by atoms with Gasteiger partial charge in [0.1, 0.15) is 12.6 Å². The molecule has 0 bridgehead atoms. The highest BCUT2D eigenvalue weighted by Gasteiger charge is 2.24. The highest BCUT2D eigenvalue weighted by molar-refractivity contribution is 5.91. The van der Waals surface area contributed by atoms with Crippen molar-refractivity contribution in [2.24, 2.45) is 0 Å². The first-order valence-corrected chi connectivity index (χ1v) is 7.45. The molecule has 0 unspecified atom stereocenters. The number of ether oxygens (including phenoxy) is 1. The van der Waals surface area contributed by atoms with E-state index >= 15 is 0 Å². The topological polar surface area (TPSA) is 96.5 Å². The maximum absolute atomic E-state index is 12.0. The Kier molecular flexibility index (Phi) is 8.73. The van der Waals surface area contributed by atoms with Crippen LogP contribution in [-0.4, -0.2) is 37.0 Å². The number of carbonyl (C=O) groups excluding carboxylic acids is 3. The lowest BCUT2D eigenvalue weighted by Gasteiger charge is -2.17. The molecule has 3 amide bonds. The van der Waals surface area contributed by atoms with E-state index in [2.05, 4.69) is 27.8 Å². The maximum atomic E-state index is 12.0. The summed E-state index contributed by atoms with van der Waals surface area (Å²) in [7, 11) is 0. The van der Waals surface area contributed by atoms with Gasteiger partial charge in [-0.15, -0.1) is 12.8 Å². The summed E-state index contributed by atoms with van der Waals surface area (Å²) in [4.78, 5) is 35.6. The first kappa shape index (κ1) is 19.6. The fourth-order valence-electron chi connectivity index (χ4n) is 1.78. The minimum atomic E-state index is -1.13. The lowest BCUT2D eigenvalue weighted by molar-refractivity contribution is -0.128. The molecule has 25 heavy (non-hydrogen) atoms. The normalized spacial score (nSPS) is 10.5. The molecule has 0 saturated carbocycles. The summed E-state index contributed by atoms with van der Waals surface area (Å²) in [6.45, 7) is 0.0344. The Morgan fingerprint density at radius 1 is 1.04 bits per heavy atom. The van der Waals surface area contributed by atoms with Crippen LogP contribution in [-0.2, 0) is 20.9 Å². The molecular weight excluding hydrogens is 322 g/mol. The number of terminal acetylenes is 2. The second kappa shape index (κ2) is 11.1. The highest BCUT2D eigenvalue weighted by Crippen LogP contribution is 2.01. The van der Waals surface area contributed by atoms with Gasteiger partial charge < -0.3 is 20.7 Å². The van der Waals surface area contributed by atoms with Gasteiger partial charge in [0, 0.05) is 0 Å². The minimum Gasteiger partial charge on any atom is -0.445 e. The Morgan fingerprint density at radius 2 is 1.68 bits per heavy atom. The highest BCUT2D eigenvalue weighted by atomic mass is 16.5. The number of rotatable bonds is 8. The van der Waals surface area contributed by atoms with Crippen molar-refractivity contribution >= 4 is 17.9 Å². The molecule has 1 aromatic rings. The van der Waals surface area contributed by atoms with Crippen molar-refractivity contribution < 1.29 is 19.1 Å². The first-order chi connectivity index (χ1) is 12.1. The average molecular weight is 341 g/mol. The molecule has 0 aliphatic heterocycles. The fraction of sp³-hybridized carbons (Fsp3) is 0.278. The number of hydrogen-bond acceptors (Lipinski definition) is 4. The first-order valence-electron chi connectivity index (χ1n) is 7.45. The zero-order valence-corrected chi connectivity index (χ0v) is 13.6. The van der Waals surface area contributed by atoms with Crippen molar-refractivity contribution in [2.45, 2.75) is 19.1 Å². The van der Waals surface area contributed by atoms with Gasteiger partial charge in [-0.05, 0) is 5.56 Å². The lowest BCUT2D eigenvalue weighted by Crippen LogP contribution is -2.49. The average Bonchev–Trinajstić information content (AvgIpc) is 2.63. The van der Waals surface area contributed by atoms with Crippen LogP contribution in [0.2, 0.25) is 0 Å². The second-order valence-corrected chi connectivity index (χ2v) is 4.87. The summed E-state index contributed by atoms with van der Waals surface area (Å²) < 4.78 is 5.04. The number of nitrogens with one attached hydrogen (secondary N) is 3. The monoisotopic (exact) mass is 341 g/mol. The van der Waals surface area contributed by atoms with Gasteiger partial charge in [-0.3, -0.25) is 9.59 Å². The predicted octanol–water partition coefficient (Wildman–Crippen LogP) is 0.170.